The molecule has 0 spiro atoms. The number of hydrogen-bond donors (Lipinski definition) is 2. The van der Waals surface area contributed by atoms with Gasteiger partial charge in [0.1, 0.15) is 0 Å². The van der Waals surface area contributed by atoms with Crippen molar-refractivity contribution < 1.29 is 4.79 Å². The number of rotatable bonds is 4. The van der Waals surface area contributed by atoms with E-state index in [1.165, 1.54) is 0 Å². The minimum Gasteiger partial charge on any atom is -0.350 e. The monoisotopic (exact) mass is 316 g/mol. The van der Waals surface area contributed by atoms with Crippen molar-refractivity contribution in [3.63, 3.8) is 0 Å². The van der Waals surface area contributed by atoms with Gasteiger partial charge in [-0.2, -0.15) is 0 Å². The highest BCUT2D eigenvalue weighted by molar-refractivity contribution is 6.35. The molecule has 1 amide bonds. The molecule has 5 heteroatoms. The van der Waals surface area contributed by atoms with E-state index in [1.54, 1.807) is 12.1 Å². The van der Waals surface area contributed by atoms with Crippen LogP contribution < -0.4 is 10.6 Å². The molecule has 1 rings (SSSR count). The van der Waals surface area contributed by atoms with Crippen LogP contribution in [0.3, 0.4) is 0 Å². The second kappa shape index (κ2) is 6.79. The van der Waals surface area contributed by atoms with Gasteiger partial charge in [-0.25, -0.2) is 0 Å². The minimum atomic E-state index is -0.309. The van der Waals surface area contributed by atoms with Crippen LogP contribution in [0.15, 0.2) is 18.2 Å². The van der Waals surface area contributed by atoms with E-state index in [1.807, 2.05) is 40.7 Å². The molecule has 1 aromatic rings. The number of halogens is 2. The Kier molecular flexibility index (Phi) is 5.87. The number of benzene rings is 1. The van der Waals surface area contributed by atoms with Crippen LogP contribution in [-0.2, 0) is 4.79 Å². The van der Waals surface area contributed by atoms with E-state index >= 15 is 0 Å². The first-order valence-corrected chi connectivity index (χ1v) is 7.39. The Morgan fingerprint density at radius 2 is 1.80 bits per heavy atom. The van der Waals surface area contributed by atoms with Crippen LogP contribution in [0, 0.1) is 0 Å². The standard InChI is InChI=1S/C15H22Cl2N2O/c1-9(12-7-6-11(16)8-13(12)17)18-10(2)14(20)19-15(3,4)5/h6-10,18H,1-5H3,(H,19,20). The van der Waals surface area contributed by atoms with Crippen LogP contribution in [0.4, 0.5) is 0 Å². The molecule has 0 aliphatic carbocycles. The summed E-state index contributed by atoms with van der Waals surface area (Å²) >= 11 is 12.1. The van der Waals surface area contributed by atoms with Gasteiger partial charge >= 0.3 is 0 Å². The summed E-state index contributed by atoms with van der Waals surface area (Å²) in [6.07, 6.45) is 0. The fraction of sp³-hybridized carbons (Fsp3) is 0.533. The summed E-state index contributed by atoms with van der Waals surface area (Å²) in [5.74, 6) is -0.0329. The van der Waals surface area contributed by atoms with Crippen molar-refractivity contribution in [1.29, 1.82) is 0 Å². The molecule has 0 radical (unpaired) electrons. The third-order valence-corrected chi connectivity index (χ3v) is 3.38. The summed E-state index contributed by atoms with van der Waals surface area (Å²) in [5.41, 5.74) is 0.681. The van der Waals surface area contributed by atoms with Gasteiger partial charge in [-0.15, -0.1) is 0 Å². The molecule has 0 heterocycles. The first-order valence-electron chi connectivity index (χ1n) is 6.63. The van der Waals surface area contributed by atoms with Gasteiger partial charge in [-0.1, -0.05) is 29.3 Å². The molecular formula is C15H22Cl2N2O. The van der Waals surface area contributed by atoms with Crippen molar-refractivity contribution in [2.75, 3.05) is 0 Å². The summed E-state index contributed by atoms with van der Waals surface area (Å²) in [7, 11) is 0. The van der Waals surface area contributed by atoms with Crippen LogP contribution in [0.5, 0.6) is 0 Å². The number of carbonyl (C=O) groups excluding carboxylic acids is 1. The normalized spacial score (nSPS) is 14.8. The maximum atomic E-state index is 12.0. The lowest BCUT2D eigenvalue weighted by molar-refractivity contribution is -0.124. The molecule has 2 N–H and O–H groups in total. The van der Waals surface area contributed by atoms with Crippen molar-refractivity contribution in [3.05, 3.63) is 33.8 Å². The Hall–Kier alpha value is -0.770. The van der Waals surface area contributed by atoms with Gasteiger partial charge in [0.25, 0.3) is 0 Å². The molecule has 2 unspecified atom stereocenters. The zero-order valence-corrected chi connectivity index (χ0v) is 14.1. The number of amides is 1. The van der Waals surface area contributed by atoms with Crippen LogP contribution >= 0.6 is 23.2 Å². The lowest BCUT2D eigenvalue weighted by Crippen LogP contribution is -2.50. The lowest BCUT2D eigenvalue weighted by atomic mass is 10.1. The first-order chi connectivity index (χ1) is 9.10. The quantitative estimate of drug-likeness (QED) is 0.883. The first kappa shape index (κ1) is 17.3. The molecule has 0 fully saturated rings. The highest BCUT2D eigenvalue weighted by Crippen LogP contribution is 2.26. The second-order valence-corrected chi connectivity index (χ2v) is 6.86. The summed E-state index contributed by atoms with van der Waals surface area (Å²) in [6, 6.07) is 5.02. The Bertz CT molecular complexity index is 483. The van der Waals surface area contributed by atoms with Crippen LogP contribution in [0.2, 0.25) is 10.0 Å². The predicted octanol–water partition coefficient (Wildman–Crippen LogP) is 3.95. The van der Waals surface area contributed by atoms with Gasteiger partial charge in [0, 0.05) is 21.6 Å². The van der Waals surface area contributed by atoms with Crippen molar-refractivity contribution in [2.24, 2.45) is 0 Å². The van der Waals surface area contributed by atoms with E-state index in [0.717, 1.165) is 5.56 Å². The van der Waals surface area contributed by atoms with E-state index in [-0.39, 0.29) is 23.5 Å². The maximum absolute atomic E-state index is 12.0. The highest BCUT2D eigenvalue weighted by atomic mass is 35.5. The fourth-order valence-corrected chi connectivity index (χ4v) is 2.44. The zero-order valence-electron chi connectivity index (χ0n) is 12.6. The molecule has 20 heavy (non-hydrogen) atoms. The lowest BCUT2D eigenvalue weighted by Gasteiger charge is -2.26. The predicted molar refractivity (Wildman–Crippen MR) is 85.4 cm³/mol. The molecule has 0 saturated heterocycles. The summed E-state index contributed by atoms with van der Waals surface area (Å²) in [6.45, 7) is 9.67. The van der Waals surface area contributed by atoms with E-state index in [9.17, 15) is 4.79 Å². The average molecular weight is 317 g/mol. The van der Waals surface area contributed by atoms with Gasteiger partial charge < -0.3 is 5.32 Å². The molecule has 0 aliphatic heterocycles. The molecule has 3 nitrogen and oxygen atoms in total. The molecule has 112 valence electrons. The van der Waals surface area contributed by atoms with E-state index in [2.05, 4.69) is 10.6 Å². The molecule has 0 aromatic heterocycles. The second-order valence-electron chi connectivity index (χ2n) is 6.02. The Labute approximate surface area is 131 Å². The molecule has 0 bridgehead atoms. The molecular weight excluding hydrogens is 295 g/mol. The molecule has 2 atom stereocenters. The van der Waals surface area contributed by atoms with Gasteiger partial charge in [-0.3, -0.25) is 10.1 Å². The van der Waals surface area contributed by atoms with E-state index in [4.69, 9.17) is 23.2 Å². The van der Waals surface area contributed by atoms with Gasteiger partial charge in [0.2, 0.25) is 5.91 Å². The number of carbonyl (C=O) groups is 1. The van der Waals surface area contributed by atoms with Crippen molar-refractivity contribution in [1.82, 2.24) is 10.6 Å². The van der Waals surface area contributed by atoms with Crippen LogP contribution in [-0.4, -0.2) is 17.5 Å². The zero-order chi connectivity index (χ0) is 15.5. The average Bonchev–Trinajstić information content (AvgIpc) is 2.26. The third-order valence-electron chi connectivity index (χ3n) is 2.82. The number of hydrogen-bond acceptors (Lipinski definition) is 2. The number of nitrogens with one attached hydrogen (secondary N) is 2. The largest absolute Gasteiger partial charge is 0.350 e. The summed E-state index contributed by atoms with van der Waals surface area (Å²) < 4.78 is 0. The van der Waals surface area contributed by atoms with E-state index < -0.39 is 0 Å². The Morgan fingerprint density at radius 1 is 1.20 bits per heavy atom. The third kappa shape index (κ3) is 5.31. The fourth-order valence-electron chi connectivity index (χ4n) is 1.87. The topological polar surface area (TPSA) is 41.1 Å². The minimum absolute atomic E-state index is 0.0329. The van der Waals surface area contributed by atoms with Crippen molar-refractivity contribution in [3.8, 4) is 0 Å². The van der Waals surface area contributed by atoms with Crippen molar-refractivity contribution in [2.45, 2.75) is 52.2 Å². The Morgan fingerprint density at radius 3 is 2.30 bits per heavy atom. The van der Waals surface area contributed by atoms with Crippen molar-refractivity contribution >= 4 is 29.1 Å². The van der Waals surface area contributed by atoms with Gasteiger partial charge in [0.05, 0.1) is 6.04 Å². The highest BCUT2D eigenvalue weighted by Gasteiger charge is 2.21. The van der Waals surface area contributed by atoms with Crippen LogP contribution in [0.1, 0.15) is 46.2 Å². The molecule has 0 aliphatic rings. The SMILES string of the molecule is CC(NC(C)c1ccc(Cl)cc1Cl)C(=O)NC(C)(C)C. The molecule has 0 saturated carbocycles. The maximum Gasteiger partial charge on any atom is 0.237 e. The van der Waals surface area contributed by atoms with E-state index in [0.29, 0.717) is 10.0 Å². The smallest absolute Gasteiger partial charge is 0.237 e. The Balaban J connectivity index is 2.70. The summed E-state index contributed by atoms with van der Waals surface area (Å²) in [5, 5.41) is 7.38. The molecule has 1 aromatic carbocycles. The van der Waals surface area contributed by atoms with Gasteiger partial charge in [0.15, 0.2) is 0 Å². The van der Waals surface area contributed by atoms with Crippen LogP contribution in [0.25, 0.3) is 0 Å². The van der Waals surface area contributed by atoms with Gasteiger partial charge in [-0.05, 0) is 52.3 Å². The summed E-state index contributed by atoms with van der Waals surface area (Å²) in [4.78, 5) is 12.0.